The van der Waals surface area contributed by atoms with Crippen LogP contribution in [0.25, 0.3) is 11.0 Å². The Labute approximate surface area is 175 Å². The Morgan fingerprint density at radius 2 is 2.07 bits per heavy atom. The maximum Gasteiger partial charge on any atom is 0.253 e. The summed E-state index contributed by atoms with van der Waals surface area (Å²) in [5.74, 6) is 0.0112. The smallest absolute Gasteiger partial charge is 0.253 e. The predicted octanol–water partition coefficient (Wildman–Crippen LogP) is 2.62. The number of hydrogen-bond donors (Lipinski definition) is 3. The summed E-state index contributed by atoms with van der Waals surface area (Å²) < 4.78 is 6.88. The molecule has 0 saturated carbocycles. The first-order valence-electron chi connectivity index (χ1n) is 9.93. The Balaban J connectivity index is 1.69. The Bertz CT molecular complexity index is 1050. The summed E-state index contributed by atoms with van der Waals surface area (Å²) in [4.78, 5) is 17.3. The number of amides is 1. The van der Waals surface area contributed by atoms with Gasteiger partial charge in [-0.2, -0.15) is 5.10 Å². The molecular formula is C22H28N4O4. The van der Waals surface area contributed by atoms with Gasteiger partial charge in [0.15, 0.2) is 17.1 Å². The van der Waals surface area contributed by atoms with E-state index in [1.54, 1.807) is 31.3 Å². The Hall–Kier alpha value is -3.13. The number of aliphatic hydroxyl groups excluding tert-OH is 1. The molecule has 1 amide bonds. The summed E-state index contributed by atoms with van der Waals surface area (Å²) in [7, 11) is 1.49. The van der Waals surface area contributed by atoms with E-state index in [0.29, 0.717) is 30.0 Å². The zero-order valence-corrected chi connectivity index (χ0v) is 17.7. The molecule has 8 nitrogen and oxygen atoms in total. The highest BCUT2D eigenvalue weighted by Crippen LogP contribution is 2.27. The van der Waals surface area contributed by atoms with Gasteiger partial charge in [0.1, 0.15) is 0 Å². The number of aromatic nitrogens is 3. The maximum absolute atomic E-state index is 12.7. The molecular weight excluding hydrogens is 384 g/mol. The lowest BCUT2D eigenvalue weighted by Gasteiger charge is -2.16. The number of methoxy groups -OCH3 is 1. The first-order valence-corrected chi connectivity index (χ1v) is 9.93. The molecule has 2 heterocycles. The molecule has 0 spiro atoms. The molecule has 160 valence electrons. The average Bonchev–Trinajstić information content (AvgIpc) is 3.13. The van der Waals surface area contributed by atoms with Crippen LogP contribution in [0.4, 0.5) is 0 Å². The van der Waals surface area contributed by atoms with Gasteiger partial charge < -0.3 is 20.3 Å². The van der Waals surface area contributed by atoms with Gasteiger partial charge in [-0.15, -0.1) is 0 Å². The molecule has 3 N–H and O–H groups in total. The number of hydrogen-bond acceptors (Lipinski definition) is 6. The molecule has 3 rings (SSSR count). The van der Waals surface area contributed by atoms with Gasteiger partial charge >= 0.3 is 0 Å². The summed E-state index contributed by atoms with van der Waals surface area (Å²) in [5, 5.41) is 27.7. The van der Waals surface area contributed by atoms with Gasteiger partial charge in [0.25, 0.3) is 5.91 Å². The van der Waals surface area contributed by atoms with Crippen LogP contribution >= 0.6 is 0 Å². The largest absolute Gasteiger partial charge is 0.504 e. The number of fused-ring (bicyclic) bond motifs is 1. The highest BCUT2D eigenvalue weighted by atomic mass is 16.5. The molecule has 0 aliphatic heterocycles. The minimum absolute atomic E-state index is 0.0488. The van der Waals surface area contributed by atoms with Crippen molar-refractivity contribution in [1.82, 2.24) is 20.1 Å². The summed E-state index contributed by atoms with van der Waals surface area (Å²) in [6, 6.07) is 7.10. The summed E-state index contributed by atoms with van der Waals surface area (Å²) in [6.45, 7) is 6.06. The summed E-state index contributed by atoms with van der Waals surface area (Å²) >= 11 is 0. The van der Waals surface area contributed by atoms with Gasteiger partial charge in [-0.05, 0) is 51.0 Å². The van der Waals surface area contributed by atoms with Crippen LogP contribution in [0.2, 0.25) is 0 Å². The van der Waals surface area contributed by atoms with Gasteiger partial charge in [0.05, 0.1) is 24.6 Å². The van der Waals surface area contributed by atoms with Crippen LogP contribution in [0.5, 0.6) is 11.5 Å². The van der Waals surface area contributed by atoms with Crippen molar-refractivity contribution in [3.05, 3.63) is 47.3 Å². The molecule has 8 heteroatoms. The van der Waals surface area contributed by atoms with Crippen LogP contribution in [-0.4, -0.2) is 51.1 Å². The normalized spacial score (nSPS) is 12.3. The molecule has 0 aliphatic carbocycles. The quantitative estimate of drug-likeness (QED) is 0.525. The highest BCUT2D eigenvalue weighted by Gasteiger charge is 2.17. The van der Waals surface area contributed by atoms with Gasteiger partial charge in [0, 0.05) is 30.5 Å². The number of rotatable bonds is 8. The van der Waals surface area contributed by atoms with Crippen LogP contribution in [-0.2, 0) is 6.42 Å². The number of carbonyl (C=O) groups is 1. The fourth-order valence-corrected chi connectivity index (χ4v) is 3.40. The molecule has 30 heavy (non-hydrogen) atoms. The second-order valence-corrected chi connectivity index (χ2v) is 7.69. The fraction of sp³-hybridized carbons (Fsp3) is 0.409. The van der Waals surface area contributed by atoms with Crippen molar-refractivity contribution in [2.75, 3.05) is 20.3 Å². The second-order valence-electron chi connectivity index (χ2n) is 7.69. The number of carbonyl (C=O) groups excluding carboxylic acids is 1. The van der Waals surface area contributed by atoms with Crippen LogP contribution in [0, 0.1) is 12.8 Å². The average molecular weight is 412 g/mol. The van der Waals surface area contributed by atoms with Crippen molar-refractivity contribution in [3.8, 4) is 11.5 Å². The minimum atomic E-state index is -0.241. The molecule has 3 aromatic rings. The summed E-state index contributed by atoms with van der Waals surface area (Å²) in [6.07, 6.45) is 2.22. The van der Waals surface area contributed by atoms with E-state index < -0.39 is 0 Å². The highest BCUT2D eigenvalue weighted by molar-refractivity contribution is 5.98. The SMILES string of the molecule is COc1ccc(C[C@@H](CO)CNC(=O)c2cc3cnn(C(C)C)c3nc2C)cc1O. The van der Waals surface area contributed by atoms with Crippen molar-refractivity contribution in [3.63, 3.8) is 0 Å². The van der Waals surface area contributed by atoms with E-state index in [4.69, 9.17) is 4.74 Å². The third-order valence-corrected chi connectivity index (χ3v) is 5.07. The Morgan fingerprint density at radius 1 is 1.30 bits per heavy atom. The first kappa shape index (κ1) is 21.6. The Morgan fingerprint density at radius 3 is 2.70 bits per heavy atom. The number of benzene rings is 1. The summed E-state index contributed by atoms with van der Waals surface area (Å²) in [5.41, 5.74) is 2.72. The van der Waals surface area contributed by atoms with E-state index in [2.05, 4.69) is 15.4 Å². The lowest BCUT2D eigenvalue weighted by atomic mass is 9.99. The second kappa shape index (κ2) is 9.13. The number of aromatic hydroxyl groups is 1. The minimum Gasteiger partial charge on any atom is -0.504 e. The molecule has 0 bridgehead atoms. The third kappa shape index (κ3) is 4.54. The standard InChI is InChI=1S/C22H28N4O4/c1-13(2)26-21-17(11-24-26)9-18(14(3)25-21)22(29)23-10-16(12-27)7-15-5-6-20(30-4)19(28)8-15/h5-6,8-9,11,13,16,27-28H,7,10,12H2,1-4H3,(H,23,29)/t16-/m1/s1. The van der Waals surface area contributed by atoms with Crippen molar-refractivity contribution < 1.29 is 19.7 Å². The zero-order valence-electron chi connectivity index (χ0n) is 17.7. The van der Waals surface area contributed by atoms with Crippen LogP contribution < -0.4 is 10.1 Å². The number of aliphatic hydroxyl groups is 1. The van der Waals surface area contributed by atoms with Crippen molar-refractivity contribution in [1.29, 1.82) is 0 Å². The lowest BCUT2D eigenvalue weighted by molar-refractivity contribution is 0.0939. The Kier molecular flexibility index (Phi) is 6.56. The van der Waals surface area contributed by atoms with Crippen LogP contribution in [0.3, 0.4) is 0 Å². The van der Waals surface area contributed by atoms with Crippen LogP contribution in [0.15, 0.2) is 30.5 Å². The van der Waals surface area contributed by atoms with Gasteiger partial charge in [-0.25, -0.2) is 9.67 Å². The number of phenolic OH excluding ortho intramolecular Hbond substituents is 1. The van der Waals surface area contributed by atoms with Crippen molar-refractivity contribution in [2.24, 2.45) is 5.92 Å². The molecule has 1 aromatic carbocycles. The number of pyridine rings is 1. The van der Waals surface area contributed by atoms with Gasteiger partial charge in [-0.3, -0.25) is 4.79 Å². The number of phenols is 1. The van der Waals surface area contributed by atoms with Crippen molar-refractivity contribution in [2.45, 2.75) is 33.2 Å². The van der Waals surface area contributed by atoms with E-state index in [1.807, 2.05) is 24.6 Å². The van der Waals surface area contributed by atoms with E-state index in [1.165, 1.54) is 7.11 Å². The predicted molar refractivity (Wildman–Crippen MR) is 114 cm³/mol. The monoisotopic (exact) mass is 412 g/mol. The molecule has 0 unspecified atom stereocenters. The van der Waals surface area contributed by atoms with E-state index in [9.17, 15) is 15.0 Å². The topological polar surface area (TPSA) is 110 Å². The van der Waals surface area contributed by atoms with Crippen LogP contribution in [0.1, 0.15) is 41.5 Å². The third-order valence-electron chi connectivity index (χ3n) is 5.07. The van der Waals surface area contributed by atoms with Gasteiger partial charge in [-0.1, -0.05) is 6.07 Å². The lowest BCUT2D eigenvalue weighted by Crippen LogP contribution is -2.32. The van der Waals surface area contributed by atoms with Gasteiger partial charge in [0.2, 0.25) is 0 Å². The number of nitrogens with one attached hydrogen (secondary N) is 1. The maximum atomic E-state index is 12.7. The number of aryl methyl sites for hydroxylation is 1. The van der Waals surface area contributed by atoms with E-state index in [0.717, 1.165) is 16.6 Å². The number of nitrogens with zero attached hydrogens (tertiary/aromatic N) is 3. The van der Waals surface area contributed by atoms with E-state index >= 15 is 0 Å². The zero-order chi connectivity index (χ0) is 21.8. The van der Waals surface area contributed by atoms with Crippen molar-refractivity contribution >= 4 is 16.9 Å². The number of ether oxygens (including phenoxy) is 1. The molecule has 1 atom stereocenters. The molecule has 0 saturated heterocycles. The first-order chi connectivity index (χ1) is 14.3. The molecule has 0 aliphatic rings. The fourth-order valence-electron chi connectivity index (χ4n) is 3.40. The molecule has 0 fully saturated rings. The molecule has 2 aromatic heterocycles. The molecule has 0 radical (unpaired) electrons. The van der Waals surface area contributed by atoms with E-state index in [-0.39, 0.29) is 30.2 Å².